The van der Waals surface area contributed by atoms with Crippen LogP contribution in [0.4, 0.5) is 5.69 Å². The summed E-state index contributed by atoms with van der Waals surface area (Å²) in [5, 5.41) is 3.40. The minimum absolute atomic E-state index is 0.0638. The van der Waals surface area contributed by atoms with Crippen LogP contribution in [0.2, 0.25) is 5.02 Å². The number of hydrogen-bond donors (Lipinski definition) is 1. The van der Waals surface area contributed by atoms with Crippen molar-refractivity contribution in [2.24, 2.45) is 0 Å². The van der Waals surface area contributed by atoms with Gasteiger partial charge in [0.15, 0.2) is 0 Å². The van der Waals surface area contributed by atoms with Crippen LogP contribution in [0.25, 0.3) is 0 Å². The maximum atomic E-state index is 11.6. The van der Waals surface area contributed by atoms with Crippen LogP contribution in [-0.4, -0.2) is 29.9 Å². The van der Waals surface area contributed by atoms with Gasteiger partial charge in [-0.2, -0.15) is 0 Å². The summed E-state index contributed by atoms with van der Waals surface area (Å²) in [5.41, 5.74) is 7.24. The van der Waals surface area contributed by atoms with Crippen molar-refractivity contribution in [3.8, 4) is 0 Å². The van der Waals surface area contributed by atoms with Crippen molar-refractivity contribution in [2.45, 2.75) is 17.1 Å². The first-order valence-electron chi connectivity index (χ1n) is 6.27. The highest BCUT2D eigenvalue weighted by Crippen LogP contribution is 2.28. The topological polar surface area (TPSA) is 59.2 Å². The Morgan fingerprint density at radius 3 is 2.90 bits per heavy atom. The number of likely N-dealkylation sites (N-methyl/N-ethyl adjacent to an activating group) is 1. The smallest absolute Gasteiger partial charge is 0.228 e. The Morgan fingerprint density at radius 1 is 1.48 bits per heavy atom. The molecular weight excluding hydrogens is 326 g/mol. The first-order chi connectivity index (χ1) is 9.95. The molecule has 1 heterocycles. The Balaban J connectivity index is 1.93. The number of thioether (sulfide) groups is 1. The molecule has 0 aliphatic heterocycles. The van der Waals surface area contributed by atoms with Crippen molar-refractivity contribution in [2.75, 3.05) is 19.8 Å². The van der Waals surface area contributed by atoms with Gasteiger partial charge in [-0.25, -0.2) is 4.98 Å². The zero-order valence-corrected chi connectivity index (χ0v) is 14.2. The number of carbonyl (C=O) groups excluding carboxylic acids is 1. The molecule has 0 saturated heterocycles. The minimum atomic E-state index is 0.0638. The molecule has 21 heavy (non-hydrogen) atoms. The number of rotatable bonds is 5. The lowest BCUT2D eigenvalue weighted by molar-refractivity contribution is -0.127. The molecule has 0 bridgehead atoms. The predicted octanol–water partition coefficient (Wildman–Crippen LogP) is 3.30. The summed E-state index contributed by atoms with van der Waals surface area (Å²) in [4.78, 5) is 18.7. The Bertz CT molecular complexity index is 643. The third-order valence-corrected chi connectivity index (χ3v) is 5.01. The second-order valence-corrected chi connectivity index (χ2v) is 7.07. The molecule has 0 atom stereocenters. The van der Waals surface area contributed by atoms with Crippen LogP contribution in [0.15, 0.2) is 28.5 Å². The predicted molar refractivity (Wildman–Crippen MR) is 89.9 cm³/mol. The Morgan fingerprint density at radius 2 is 2.24 bits per heavy atom. The van der Waals surface area contributed by atoms with Gasteiger partial charge in [-0.15, -0.1) is 23.1 Å². The number of anilines is 1. The van der Waals surface area contributed by atoms with Crippen LogP contribution in [0.1, 0.15) is 10.7 Å². The molecule has 2 N–H and O–H groups in total. The number of aromatic nitrogens is 1. The van der Waals surface area contributed by atoms with E-state index in [2.05, 4.69) is 4.98 Å². The molecule has 1 aromatic carbocycles. The second kappa shape index (κ2) is 7.15. The molecule has 0 aliphatic carbocycles. The summed E-state index contributed by atoms with van der Waals surface area (Å²) in [5.74, 6) is 0.807. The average Bonchev–Trinajstić information content (AvgIpc) is 2.87. The van der Waals surface area contributed by atoms with E-state index in [1.54, 1.807) is 36.8 Å². The number of nitrogens with two attached hydrogens (primary N) is 1. The molecule has 1 amide bonds. The third kappa shape index (κ3) is 4.62. The number of thiazole rings is 1. The first kappa shape index (κ1) is 16.1. The van der Waals surface area contributed by atoms with Crippen LogP contribution in [0.5, 0.6) is 0 Å². The minimum Gasteiger partial charge on any atom is -0.398 e. The van der Waals surface area contributed by atoms with Gasteiger partial charge < -0.3 is 10.6 Å². The molecule has 0 spiro atoms. The fourth-order valence-corrected chi connectivity index (χ4v) is 3.50. The van der Waals surface area contributed by atoms with Gasteiger partial charge in [0.05, 0.1) is 22.8 Å². The molecular formula is C14H16ClN3OS2. The monoisotopic (exact) mass is 341 g/mol. The van der Waals surface area contributed by atoms with Gasteiger partial charge >= 0.3 is 0 Å². The molecule has 0 saturated carbocycles. The van der Waals surface area contributed by atoms with E-state index in [1.807, 2.05) is 17.5 Å². The summed E-state index contributed by atoms with van der Waals surface area (Å²) < 4.78 is 0. The largest absolute Gasteiger partial charge is 0.398 e. The second-order valence-electron chi connectivity index (χ2n) is 4.67. The molecule has 0 radical (unpaired) electrons. The fraction of sp³-hybridized carbons (Fsp3) is 0.286. The normalized spacial score (nSPS) is 10.6. The maximum absolute atomic E-state index is 11.6. The molecule has 0 aliphatic rings. The summed E-state index contributed by atoms with van der Waals surface area (Å²) >= 11 is 9.15. The fourth-order valence-electron chi connectivity index (χ4n) is 1.54. The molecule has 112 valence electrons. The van der Waals surface area contributed by atoms with Crippen LogP contribution in [-0.2, 0) is 17.0 Å². The molecule has 4 nitrogen and oxygen atoms in total. The molecule has 2 aromatic rings. The van der Waals surface area contributed by atoms with Gasteiger partial charge in [0, 0.05) is 30.1 Å². The lowest BCUT2D eigenvalue weighted by atomic mass is 10.3. The van der Waals surface area contributed by atoms with Crippen LogP contribution >= 0.6 is 34.7 Å². The van der Waals surface area contributed by atoms with E-state index in [0.29, 0.717) is 17.1 Å². The van der Waals surface area contributed by atoms with Gasteiger partial charge in [-0.1, -0.05) is 11.6 Å². The summed E-state index contributed by atoms with van der Waals surface area (Å²) in [6, 6.07) is 5.59. The van der Waals surface area contributed by atoms with E-state index >= 15 is 0 Å². The van der Waals surface area contributed by atoms with Crippen molar-refractivity contribution >= 4 is 46.3 Å². The summed E-state index contributed by atoms with van der Waals surface area (Å²) in [6.07, 6.45) is 0.357. The van der Waals surface area contributed by atoms with Crippen molar-refractivity contribution in [1.29, 1.82) is 0 Å². The number of hydrogen-bond acceptors (Lipinski definition) is 5. The maximum Gasteiger partial charge on any atom is 0.228 e. The quantitative estimate of drug-likeness (QED) is 0.669. The Labute approximate surface area is 137 Å². The first-order valence-corrected chi connectivity index (χ1v) is 8.51. The van der Waals surface area contributed by atoms with Gasteiger partial charge in [0.2, 0.25) is 5.91 Å². The number of nitrogen functional groups attached to an aromatic ring is 1. The number of nitrogens with zero attached hydrogens (tertiary/aromatic N) is 2. The van der Waals surface area contributed by atoms with E-state index in [0.717, 1.165) is 21.3 Å². The number of halogens is 1. The Kier molecular flexibility index (Phi) is 5.50. The lowest BCUT2D eigenvalue weighted by Gasteiger charge is -2.07. The van der Waals surface area contributed by atoms with Gasteiger partial charge in [0.25, 0.3) is 0 Å². The molecule has 0 fully saturated rings. The average molecular weight is 342 g/mol. The van der Waals surface area contributed by atoms with Crippen molar-refractivity contribution in [3.63, 3.8) is 0 Å². The molecule has 1 aromatic heterocycles. The molecule has 2 rings (SSSR count). The van der Waals surface area contributed by atoms with Crippen LogP contribution < -0.4 is 5.73 Å². The molecule has 0 unspecified atom stereocenters. The van der Waals surface area contributed by atoms with Crippen LogP contribution in [0, 0.1) is 0 Å². The highest BCUT2D eigenvalue weighted by molar-refractivity contribution is 7.98. The van der Waals surface area contributed by atoms with E-state index in [1.165, 1.54) is 11.3 Å². The standard InChI is InChI=1S/C14H16ClN3OS2/c1-18(2)14(19)6-13-17-9(8-21-13)7-20-10-3-4-12(16)11(15)5-10/h3-5,8H,6-7,16H2,1-2H3. The lowest BCUT2D eigenvalue weighted by Crippen LogP contribution is -2.23. The van der Waals surface area contributed by atoms with E-state index in [9.17, 15) is 4.79 Å². The highest BCUT2D eigenvalue weighted by atomic mass is 35.5. The zero-order chi connectivity index (χ0) is 15.4. The number of benzene rings is 1. The number of amides is 1. The summed E-state index contributed by atoms with van der Waals surface area (Å²) in [6.45, 7) is 0. The Hall–Kier alpha value is -1.24. The van der Waals surface area contributed by atoms with Crippen molar-refractivity contribution in [3.05, 3.63) is 39.3 Å². The van der Waals surface area contributed by atoms with Gasteiger partial charge in [-0.3, -0.25) is 4.79 Å². The van der Waals surface area contributed by atoms with Gasteiger partial charge in [0.1, 0.15) is 5.01 Å². The highest BCUT2D eigenvalue weighted by Gasteiger charge is 2.10. The molecule has 7 heteroatoms. The van der Waals surface area contributed by atoms with E-state index in [4.69, 9.17) is 17.3 Å². The van der Waals surface area contributed by atoms with Gasteiger partial charge in [-0.05, 0) is 18.2 Å². The van der Waals surface area contributed by atoms with E-state index in [-0.39, 0.29) is 5.91 Å². The van der Waals surface area contributed by atoms with Crippen molar-refractivity contribution in [1.82, 2.24) is 9.88 Å². The number of carbonyl (C=O) groups is 1. The van der Waals surface area contributed by atoms with E-state index < -0.39 is 0 Å². The summed E-state index contributed by atoms with van der Waals surface area (Å²) in [7, 11) is 3.50. The van der Waals surface area contributed by atoms with Crippen molar-refractivity contribution < 1.29 is 4.79 Å². The SMILES string of the molecule is CN(C)C(=O)Cc1nc(CSc2ccc(N)c(Cl)c2)cs1. The van der Waals surface area contributed by atoms with Crippen LogP contribution in [0.3, 0.4) is 0 Å². The third-order valence-electron chi connectivity index (χ3n) is 2.76. The zero-order valence-electron chi connectivity index (χ0n) is 11.8.